The number of nitrogens with one attached hydrogen (secondary N) is 1. The average molecular weight is 417 g/mol. The summed E-state index contributed by atoms with van der Waals surface area (Å²) in [5.41, 5.74) is 2.76. The van der Waals surface area contributed by atoms with E-state index in [0.717, 1.165) is 11.1 Å². The SMILES string of the molecule is Cc1cc(C(C)N[S+]([O-])C(C)(C)C)c2nc(-c3nc(C)oc3C)n(C)c(=O)c2c1. The van der Waals surface area contributed by atoms with Crippen LogP contribution in [0.4, 0.5) is 0 Å². The molecule has 0 aliphatic heterocycles. The van der Waals surface area contributed by atoms with Gasteiger partial charge in [-0.15, -0.1) is 4.72 Å². The number of benzene rings is 1. The molecular weight excluding hydrogens is 388 g/mol. The van der Waals surface area contributed by atoms with E-state index in [1.807, 2.05) is 46.8 Å². The molecule has 3 rings (SSSR count). The van der Waals surface area contributed by atoms with Crippen LogP contribution >= 0.6 is 0 Å². The van der Waals surface area contributed by atoms with Gasteiger partial charge in [0.1, 0.15) is 16.2 Å². The van der Waals surface area contributed by atoms with Crippen molar-refractivity contribution in [3.8, 4) is 11.5 Å². The van der Waals surface area contributed by atoms with Gasteiger partial charge in [-0.3, -0.25) is 9.36 Å². The first-order valence-corrected chi connectivity index (χ1v) is 10.7. The van der Waals surface area contributed by atoms with Gasteiger partial charge in [-0.1, -0.05) is 6.07 Å². The second-order valence-corrected chi connectivity index (χ2v) is 10.4. The maximum atomic E-state index is 13.1. The second kappa shape index (κ2) is 7.59. The van der Waals surface area contributed by atoms with E-state index in [-0.39, 0.29) is 11.6 Å². The fourth-order valence-corrected chi connectivity index (χ4v) is 4.03. The molecule has 29 heavy (non-hydrogen) atoms. The molecule has 0 aliphatic rings. The van der Waals surface area contributed by atoms with E-state index < -0.39 is 16.1 Å². The molecule has 0 saturated carbocycles. The predicted molar refractivity (Wildman–Crippen MR) is 116 cm³/mol. The van der Waals surface area contributed by atoms with Crippen molar-refractivity contribution in [3.05, 3.63) is 45.3 Å². The van der Waals surface area contributed by atoms with E-state index in [4.69, 9.17) is 9.40 Å². The number of fused-ring (bicyclic) bond motifs is 1. The first-order chi connectivity index (χ1) is 13.4. The molecule has 0 spiro atoms. The van der Waals surface area contributed by atoms with Crippen LogP contribution in [0, 0.1) is 20.8 Å². The second-order valence-electron chi connectivity index (χ2n) is 8.41. The van der Waals surface area contributed by atoms with Crippen molar-refractivity contribution in [2.45, 2.75) is 59.3 Å². The van der Waals surface area contributed by atoms with Gasteiger partial charge < -0.3 is 8.97 Å². The first-order valence-electron chi connectivity index (χ1n) is 9.54. The van der Waals surface area contributed by atoms with Gasteiger partial charge in [0.05, 0.1) is 16.9 Å². The lowest BCUT2D eigenvalue weighted by molar-refractivity contribution is 0.494. The van der Waals surface area contributed by atoms with Gasteiger partial charge >= 0.3 is 0 Å². The Morgan fingerprint density at radius 2 is 1.86 bits per heavy atom. The van der Waals surface area contributed by atoms with Crippen molar-refractivity contribution < 1.29 is 8.97 Å². The van der Waals surface area contributed by atoms with Crippen LogP contribution in [0.15, 0.2) is 21.3 Å². The molecule has 2 aromatic heterocycles. The maximum absolute atomic E-state index is 13.1. The molecule has 8 heteroatoms. The molecular formula is C21H28N4O3S. The molecule has 3 aromatic rings. The highest BCUT2D eigenvalue weighted by atomic mass is 32.2. The standard InChI is InChI=1S/C21H28N4O3S/c1-11-9-15(12(2)24-29(27)21(5,6)7)18-16(10-11)20(26)25(8)19(23-18)17-13(3)28-14(4)22-17/h9-10,12,24H,1-8H3. The minimum Gasteiger partial charge on any atom is -0.598 e. The molecule has 0 aliphatic carbocycles. The van der Waals surface area contributed by atoms with Crippen LogP contribution in [-0.2, 0) is 18.4 Å². The fraction of sp³-hybridized carbons (Fsp3) is 0.476. The third-order valence-corrected chi connectivity index (χ3v) is 6.46. The molecule has 156 valence electrons. The minimum absolute atomic E-state index is 0.154. The van der Waals surface area contributed by atoms with E-state index in [2.05, 4.69) is 9.71 Å². The zero-order valence-corrected chi connectivity index (χ0v) is 19.0. The lowest BCUT2D eigenvalue weighted by Gasteiger charge is -2.27. The highest BCUT2D eigenvalue weighted by Crippen LogP contribution is 2.28. The first kappa shape index (κ1) is 21.5. The normalized spacial score (nSPS) is 14.4. The van der Waals surface area contributed by atoms with E-state index in [1.165, 1.54) is 4.57 Å². The Hall–Kier alpha value is -2.16. The molecule has 1 aromatic carbocycles. The van der Waals surface area contributed by atoms with Crippen molar-refractivity contribution in [1.82, 2.24) is 19.3 Å². The van der Waals surface area contributed by atoms with E-state index >= 15 is 0 Å². The summed E-state index contributed by atoms with van der Waals surface area (Å²) in [6.07, 6.45) is 0. The fourth-order valence-electron chi connectivity index (χ4n) is 3.23. The van der Waals surface area contributed by atoms with Gasteiger partial charge in [-0.25, -0.2) is 9.97 Å². The van der Waals surface area contributed by atoms with Crippen molar-refractivity contribution in [3.63, 3.8) is 0 Å². The van der Waals surface area contributed by atoms with Gasteiger partial charge in [-0.2, -0.15) is 0 Å². The highest BCUT2D eigenvalue weighted by Gasteiger charge is 2.29. The molecule has 0 bridgehead atoms. The summed E-state index contributed by atoms with van der Waals surface area (Å²) in [7, 11) is 1.69. The predicted octanol–water partition coefficient (Wildman–Crippen LogP) is 3.63. The van der Waals surface area contributed by atoms with Crippen molar-refractivity contribution in [2.75, 3.05) is 0 Å². The van der Waals surface area contributed by atoms with Crippen LogP contribution in [-0.4, -0.2) is 23.8 Å². The molecule has 7 nitrogen and oxygen atoms in total. The molecule has 2 unspecified atom stereocenters. The largest absolute Gasteiger partial charge is 0.598 e. The van der Waals surface area contributed by atoms with Crippen LogP contribution in [0.3, 0.4) is 0 Å². The van der Waals surface area contributed by atoms with Crippen LogP contribution < -0.4 is 10.3 Å². The summed E-state index contributed by atoms with van der Waals surface area (Å²) in [6.45, 7) is 13.2. The lowest BCUT2D eigenvalue weighted by atomic mass is 10.0. The van der Waals surface area contributed by atoms with Gasteiger partial charge in [0.2, 0.25) is 0 Å². The van der Waals surface area contributed by atoms with E-state index in [9.17, 15) is 9.35 Å². The Morgan fingerprint density at radius 1 is 1.21 bits per heavy atom. The average Bonchev–Trinajstić information content (AvgIpc) is 2.95. The summed E-state index contributed by atoms with van der Waals surface area (Å²) >= 11 is -1.26. The minimum atomic E-state index is -1.26. The zero-order chi connectivity index (χ0) is 21.7. The number of aromatic nitrogens is 3. The number of hydrogen-bond donors (Lipinski definition) is 1. The van der Waals surface area contributed by atoms with Crippen LogP contribution in [0.5, 0.6) is 0 Å². The van der Waals surface area contributed by atoms with E-state index in [1.54, 1.807) is 20.9 Å². The number of hydrogen-bond acceptors (Lipinski definition) is 6. The third-order valence-electron chi connectivity index (χ3n) is 4.78. The van der Waals surface area contributed by atoms with Crippen molar-refractivity contribution >= 4 is 22.3 Å². The number of rotatable bonds is 4. The smallest absolute Gasteiger partial charge is 0.261 e. The number of oxazole rings is 1. The van der Waals surface area contributed by atoms with Gasteiger partial charge in [0.15, 0.2) is 11.7 Å². The van der Waals surface area contributed by atoms with Crippen LogP contribution in [0.1, 0.15) is 56.5 Å². The molecule has 0 saturated heterocycles. The molecule has 0 radical (unpaired) electrons. The highest BCUT2D eigenvalue weighted by molar-refractivity contribution is 7.90. The topological polar surface area (TPSA) is 96.0 Å². The Labute approximate surface area is 173 Å². The summed E-state index contributed by atoms with van der Waals surface area (Å²) in [4.78, 5) is 22.4. The molecule has 0 amide bonds. The monoisotopic (exact) mass is 416 g/mol. The molecule has 1 N–H and O–H groups in total. The molecule has 2 atom stereocenters. The number of nitrogens with zero attached hydrogens (tertiary/aromatic N) is 3. The Bertz CT molecular complexity index is 1130. The quantitative estimate of drug-likeness (QED) is 0.653. The Kier molecular flexibility index (Phi) is 5.64. The summed E-state index contributed by atoms with van der Waals surface area (Å²) in [5.74, 6) is 1.58. The number of aryl methyl sites for hydroxylation is 3. The zero-order valence-electron chi connectivity index (χ0n) is 18.2. The van der Waals surface area contributed by atoms with Gasteiger partial charge in [0, 0.05) is 30.9 Å². The summed E-state index contributed by atoms with van der Waals surface area (Å²) in [5, 5.41) is 0.527. The molecule has 2 heterocycles. The molecule has 0 fully saturated rings. The lowest BCUT2D eigenvalue weighted by Crippen LogP contribution is -2.40. The Morgan fingerprint density at radius 3 is 2.41 bits per heavy atom. The summed E-state index contributed by atoms with van der Waals surface area (Å²) in [6, 6.07) is 3.56. The van der Waals surface area contributed by atoms with Gasteiger partial charge in [-0.05, 0) is 53.2 Å². The van der Waals surface area contributed by atoms with E-state index in [0.29, 0.717) is 34.1 Å². The van der Waals surface area contributed by atoms with Crippen molar-refractivity contribution in [2.24, 2.45) is 7.05 Å². The third kappa shape index (κ3) is 4.10. The van der Waals surface area contributed by atoms with Crippen LogP contribution in [0.25, 0.3) is 22.4 Å². The maximum Gasteiger partial charge on any atom is 0.261 e. The van der Waals surface area contributed by atoms with Gasteiger partial charge in [0.25, 0.3) is 5.56 Å². The van der Waals surface area contributed by atoms with Crippen LogP contribution in [0.2, 0.25) is 0 Å². The van der Waals surface area contributed by atoms with Crippen molar-refractivity contribution in [1.29, 1.82) is 0 Å². The Balaban J connectivity index is 2.23. The summed E-state index contributed by atoms with van der Waals surface area (Å²) < 4.78 is 22.4.